The van der Waals surface area contributed by atoms with Gasteiger partial charge in [-0.2, -0.15) is 4.31 Å². The fraction of sp³-hybridized carbons (Fsp3) is 0.300. The standard InChI is InChI=1S/C20H22N2O5S/c23-19(21-17(20(24)25)14-15-8-3-1-4-9-15)18-12-7-13-22(18)28(26,27)16-10-5-2-6-11-16/h1-6,8-11,17-18H,7,12-14H2,(H,21,23)(H,24,25). The van der Waals surface area contributed by atoms with Crippen LogP contribution in [0.15, 0.2) is 65.6 Å². The summed E-state index contributed by atoms with van der Waals surface area (Å²) in [6, 6.07) is 14.9. The first-order valence-corrected chi connectivity index (χ1v) is 10.5. The van der Waals surface area contributed by atoms with Crippen LogP contribution < -0.4 is 5.32 Å². The number of carbonyl (C=O) groups is 2. The van der Waals surface area contributed by atoms with Gasteiger partial charge in [0.25, 0.3) is 0 Å². The van der Waals surface area contributed by atoms with Gasteiger partial charge in [-0.25, -0.2) is 13.2 Å². The van der Waals surface area contributed by atoms with Crippen molar-refractivity contribution in [3.8, 4) is 0 Å². The number of nitrogens with one attached hydrogen (secondary N) is 1. The lowest BCUT2D eigenvalue weighted by molar-refractivity contribution is -0.142. The monoisotopic (exact) mass is 402 g/mol. The second kappa shape index (κ2) is 8.53. The van der Waals surface area contributed by atoms with E-state index in [0.29, 0.717) is 12.8 Å². The Hall–Kier alpha value is -2.71. The van der Waals surface area contributed by atoms with Crippen molar-refractivity contribution in [3.05, 3.63) is 66.2 Å². The molecule has 0 radical (unpaired) electrons. The van der Waals surface area contributed by atoms with E-state index in [1.807, 2.05) is 6.07 Å². The minimum Gasteiger partial charge on any atom is -0.480 e. The van der Waals surface area contributed by atoms with Crippen molar-refractivity contribution in [1.29, 1.82) is 0 Å². The Morgan fingerprint density at radius 1 is 1.07 bits per heavy atom. The predicted octanol–water partition coefficient (Wildman–Crippen LogP) is 1.65. The highest BCUT2D eigenvalue weighted by Gasteiger charge is 2.40. The van der Waals surface area contributed by atoms with Crippen molar-refractivity contribution in [2.75, 3.05) is 6.54 Å². The molecular formula is C20H22N2O5S. The number of carbonyl (C=O) groups excluding carboxylic acids is 1. The van der Waals surface area contributed by atoms with E-state index in [1.165, 1.54) is 16.4 Å². The summed E-state index contributed by atoms with van der Waals surface area (Å²) in [5, 5.41) is 12.0. The largest absolute Gasteiger partial charge is 0.480 e. The molecule has 1 saturated heterocycles. The smallest absolute Gasteiger partial charge is 0.326 e. The number of nitrogens with zero attached hydrogens (tertiary/aromatic N) is 1. The highest BCUT2D eigenvalue weighted by Crippen LogP contribution is 2.26. The Morgan fingerprint density at radius 2 is 1.68 bits per heavy atom. The topological polar surface area (TPSA) is 104 Å². The fourth-order valence-electron chi connectivity index (χ4n) is 3.34. The summed E-state index contributed by atoms with van der Waals surface area (Å²) in [6.07, 6.45) is 1.02. The lowest BCUT2D eigenvalue weighted by atomic mass is 10.1. The molecule has 2 N–H and O–H groups in total. The van der Waals surface area contributed by atoms with Crippen LogP contribution >= 0.6 is 0 Å². The third kappa shape index (κ3) is 4.40. The number of rotatable bonds is 7. The van der Waals surface area contributed by atoms with Crippen LogP contribution in [0, 0.1) is 0 Å². The van der Waals surface area contributed by atoms with E-state index in [0.717, 1.165) is 5.56 Å². The fourth-order valence-corrected chi connectivity index (χ4v) is 5.01. The molecule has 2 aromatic rings. The predicted molar refractivity (Wildman–Crippen MR) is 103 cm³/mol. The molecule has 3 rings (SSSR count). The molecule has 0 aliphatic carbocycles. The van der Waals surface area contributed by atoms with Crippen LogP contribution in [-0.4, -0.2) is 48.3 Å². The molecule has 2 aromatic carbocycles. The molecule has 28 heavy (non-hydrogen) atoms. The van der Waals surface area contributed by atoms with Crippen LogP contribution in [0.5, 0.6) is 0 Å². The van der Waals surface area contributed by atoms with E-state index in [9.17, 15) is 23.1 Å². The summed E-state index contributed by atoms with van der Waals surface area (Å²) in [6.45, 7) is 0.228. The van der Waals surface area contributed by atoms with Gasteiger partial charge < -0.3 is 10.4 Å². The molecule has 0 saturated carbocycles. The number of carboxylic acid groups (broad SMARTS) is 1. The van der Waals surface area contributed by atoms with Gasteiger partial charge >= 0.3 is 5.97 Å². The maximum absolute atomic E-state index is 12.9. The van der Waals surface area contributed by atoms with Crippen LogP contribution in [0.25, 0.3) is 0 Å². The summed E-state index contributed by atoms with van der Waals surface area (Å²) < 4.78 is 26.9. The third-order valence-electron chi connectivity index (χ3n) is 4.75. The number of sulfonamides is 1. The minimum atomic E-state index is -3.82. The Morgan fingerprint density at radius 3 is 2.29 bits per heavy atom. The molecule has 1 aliphatic heterocycles. The quantitative estimate of drug-likeness (QED) is 0.733. The van der Waals surface area contributed by atoms with Gasteiger partial charge in [0.05, 0.1) is 4.90 Å². The summed E-state index contributed by atoms with van der Waals surface area (Å²) in [4.78, 5) is 24.5. The minimum absolute atomic E-state index is 0.119. The molecule has 7 nitrogen and oxygen atoms in total. The Balaban J connectivity index is 1.76. The number of aliphatic carboxylic acids is 1. The SMILES string of the molecule is O=C(O)C(Cc1ccccc1)NC(=O)C1CCCN1S(=O)(=O)c1ccccc1. The molecular weight excluding hydrogens is 380 g/mol. The third-order valence-corrected chi connectivity index (χ3v) is 6.68. The first-order chi connectivity index (χ1) is 13.4. The normalized spacial score (nSPS) is 18.5. The first-order valence-electron chi connectivity index (χ1n) is 9.03. The van der Waals surface area contributed by atoms with Gasteiger partial charge in [0, 0.05) is 13.0 Å². The van der Waals surface area contributed by atoms with Gasteiger partial charge in [-0.3, -0.25) is 4.79 Å². The molecule has 1 amide bonds. The van der Waals surface area contributed by atoms with E-state index in [2.05, 4.69) is 5.32 Å². The van der Waals surface area contributed by atoms with Crippen molar-refractivity contribution in [2.24, 2.45) is 0 Å². The Labute approximate surface area is 164 Å². The zero-order valence-corrected chi connectivity index (χ0v) is 16.0. The van der Waals surface area contributed by atoms with Crippen molar-refractivity contribution >= 4 is 21.9 Å². The maximum atomic E-state index is 12.9. The second-order valence-electron chi connectivity index (χ2n) is 6.68. The molecule has 0 bridgehead atoms. The van der Waals surface area contributed by atoms with Crippen molar-refractivity contribution in [1.82, 2.24) is 9.62 Å². The molecule has 148 valence electrons. The van der Waals surface area contributed by atoms with Crippen molar-refractivity contribution in [3.63, 3.8) is 0 Å². The van der Waals surface area contributed by atoms with E-state index in [-0.39, 0.29) is 17.9 Å². The van der Waals surface area contributed by atoms with Gasteiger partial charge in [-0.15, -0.1) is 0 Å². The molecule has 1 heterocycles. The number of carboxylic acids is 1. The van der Waals surface area contributed by atoms with Crippen molar-refractivity contribution < 1.29 is 23.1 Å². The lowest BCUT2D eigenvalue weighted by Crippen LogP contribution is -2.51. The van der Waals surface area contributed by atoms with Crippen molar-refractivity contribution in [2.45, 2.75) is 36.2 Å². The Bertz CT molecular complexity index is 932. The highest BCUT2D eigenvalue weighted by molar-refractivity contribution is 7.89. The molecule has 1 fully saturated rings. The molecule has 0 spiro atoms. The Kier molecular flexibility index (Phi) is 6.11. The molecule has 1 aliphatic rings. The van der Waals surface area contributed by atoms with Gasteiger partial charge in [0.15, 0.2) is 0 Å². The maximum Gasteiger partial charge on any atom is 0.326 e. The average molecular weight is 402 g/mol. The van der Waals surface area contributed by atoms with Crippen LogP contribution in [-0.2, 0) is 26.0 Å². The van der Waals surface area contributed by atoms with Gasteiger partial charge in [-0.05, 0) is 30.5 Å². The number of benzene rings is 2. The highest BCUT2D eigenvalue weighted by atomic mass is 32.2. The summed E-state index contributed by atoms with van der Waals surface area (Å²) >= 11 is 0. The summed E-state index contributed by atoms with van der Waals surface area (Å²) in [5.74, 6) is -1.74. The summed E-state index contributed by atoms with van der Waals surface area (Å²) in [7, 11) is -3.82. The summed E-state index contributed by atoms with van der Waals surface area (Å²) in [5.41, 5.74) is 0.774. The average Bonchev–Trinajstić information content (AvgIpc) is 3.20. The van der Waals surface area contributed by atoms with E-state index in [4.69, 9.17) is 0 Å². The van der Waals surface area contributed by atoms with E-state index < -0.39 is 34.0 Å². The molecule has 2 atom stereocenters. The lowest BCUT2D eigenvalue weighted by Gasteiger charge is -2.25. The van der Waals surface area contributed by atoms with Crippen LogP contribution in [0.2, 0.25) is 0 Å². The number of amides is 1. The zero-order chi connectivity index (χ0) is 20.1. The van der Waals surface area contributed by atoms with E-state index >= 15 is 0 Å². The molecule has 0 aromatic heterocycles. The second-order valence-corrected chi connectivity index (χ2v) is 8.57. The van der Waals surface area contributed by atoms with Crippen LogP contribution in [0.1, 0.15) is 18.4 Å². The van der Waals surface area contributed by atoms with Gasteiger partial charge in [0.2, 0.25) is 15.9 Å². The number of hydrogen-bond donors (Lipinski definition) is 2. The molecule has 2 unspecified atom stereocenters. The van der Waals surface area contributed by atoms with E-state index in [1.54, 1.807) is 42.5 Å². The van der Waals surface area contributed by atoms with Gasteiger partial charge in [-0.1, -0.05) is 48.5 Å². The zero-order valence-electron chi connectivity index (χ0n) is 15.2. The number of hydrogen-bond acceptors (Lipinski definition) is 4. The molecule has 8 heteroatoms. The first kappa shape index (κ1) is 20.0. The van der Waals surface area contributed by atoms with Crippen LogP contribution in [0.3, 0.4) is 0 Å². The van der Waals surface area contributed by atoms with Gasteiger partial charge in [0.1, 0.15) is 12.1 Å². The van der Waals surface area contributed by atoms with Crippen LogP contribution in [0.4, 0.5) is 0 Å².